The molecule has 2 rings (SSSR count). The highest BCUT2D eigenvalue weighted by molar-refractivity contribution is 7.09. The lowest BCUT2D eigenvalue weighted by Gasteiger charge is -2.17. The van der Waals surface area contributed by atoms with E-state index in [-0.39, 0.29) is 6.03 Å². The lowest BCUT2D eigenvalue weighted by Crippen LogP contribution is -2.40. The average Bonchev–Trinajstić information content (AvgIpc) is 3.01. The Morgan fingerprint density at radius 2 is 1.86 bits per heavy atom. The topological polar surface area (TPSA) is 44.4 Å². The molecule has 0 aliphatic carbocycles. The number of nitrogens with one attached hydrogen (secondary N) is 2. The maximum atomic E-state index is 11.7. The predicted molar refractivity (Wildman–Crippen MR) is 92.2 cm³/mol. The van der Waals surface area contributed by atoms with Gasteiger partial charge in [-0.25, -0.2) is 4.79 Å². The van der Waals surface area contributed by atoms with Gasteiger partial charge in [-0.15, -0.1) is 11.3 Å². The summed E-state index contributed by atoms with van der Waals surface area (Å²) in [5.74, 6) is 0. The van der Waals surface area contributed by atoms with Crippen LogP contribution in [0.1, 0.15) is 10.4 Å². The number of carbonyl (C=O) groups is 1. The summed E-state index contributed by atoms with van der Waals surface area (Å²) in [6.45, 7) is 3.04. The molecule has 2 N–H and O–H groups in total. The molecule has 4 nitrogen and oxygen atoms in total. The number of rotatable bonds is 8. The smallest absolute Gasteiger partial charge is 0.314 e. The zero-order chi connectivity index (χ0) is 15.6. The van der Waals surface area contributed by atoms with Crippen LogP contribution in [0.4, 0.5) is 4.79 Å². The van der Waals surface area contributed by atoms with Gasteiger partial charge in [0, 0.05) is 31.1 Å². The third kappa shape index (κ3) is 6.28. The number of hydrogen-bond acceptors (Lipinski definition) is 3. The van der Waals surface area contributed by atoms with Gasteiger partial charge in [0.2, 0.25) is 0 Å². The molecule has 118 valence electrons. The maximum absolute atomic E-state index is 11.7. The fraction of sp³-hybridized carbons (Fsp3) is 0.353. The number of benzene rings is 1. The number of hydrogen-bond donors (Lipinski definition) is 2. The van der Waals surface area contributed by atoms with E-state index in [0.29, 0.717) is 13.1 Å². The molecule has 0 aliphatic heterocycles. The molecule has 0 aliphatic rings. The zero-order valence-electron chi connectivity index (χ0n) is 12.9. The molecule has 22 heavy (non-hydrogen) atoms. The van der Waals surface area contributed by atoms with Gasteiger partial charge in [-0.2, -0.15) is 0 Å². The fourth-order valence-electron chi connectivity index (χ4n) is 2.15. The quantitative estimate of drug-likeness (QED) is 0.786. The van der Waals surface area contributed by atoms with Gasteiger partial charge in [0.15, 0.2) is 0 Å². The largest absolute Gasteiger partial charge is 0.338 e. The Morgan fingerprint density at radius 3 is 2.59 bits per heavy atom. The number of urea groups is 1. The monoisotopic (exact) mass is 317 g/mol. The van der Waals surface area contributed by atoms with Crippen LogP contribution >= 0.6 is 11.3 Å². The van der Waals surface area contributed by atoms with Crippen molar-refractivity contribution in [3.8, 4) is 0 Å². The summed E-state index contributed by atoms with van der Waals surface area (Å²) in [6.07, 6.45) is 0.888. The minimum absolute atomic E-state index is 0.0929. The second-order valence-corrected chi connectivity index (χ2v) is 6.27. The summed E-state index contributed by atoms with van der Waals surface area (Å²) in [4.78, 5) is 15.2. The number of thiophene rings is 1. The van der Waals surface area contributed by atoms with Gasteiger partial charge < -0.3 is 15.5 Å². The molecule has 0 radical (unpaired) electrons. The normalized spacial score (nSPS) is 10.6. The Hall–Kier alpha value is -1.85. The van der Waals surface area contributed by atoms with Crippen molar-refractivity contribution in [1.29, 1.82) is 0 Å². The molecule has 0 saturated heterocycles. The molecule has 0 bridgehead atoms. The van der Waals surface area contributed by atoms with Crippen LogP contribution in [-0.2, 0) is 13.0 Å². The summed E-state index contributed by atoms with van der Waals surface area (Å²) in [6, 6.07) is 14.4. The van der Waals surface area contributed by atoms with Gasteiger partial charge >= 0.3 is 6.03 Å². The standard InChI is InChI=1S/C17H23N3OS/c1-20(14-15-6-3-2-4-7-15)12-11-19-17(21)18-10-9-16-8-5-13-22-16/h2-8,13H,9-12,14H2,1H3,(H2,18,19,21). The van der Waals surface area contributed by atoms with Crippen LogP contribution in [0.25, 0.3) is 0 Å². The van der Waals surface area contributed by atoms with Crippen LogP contribution in [0.5, 0.6) is 0 Å². The van der Waals surface area contributed by atoms with Crippen molar-refractivity contribution in [3.63, 3.8) is 0 Å². The third-order valence-corrected chi connectivity index (χ3v) is 4.25. The number of amides is 2. The molecule has 1 aromatic carbocycles. The van der Waals surface area contributed by atoms with E-state index < -0.39 is 0 Å². The van der Waals surface area contributed by atoms with Crippen LogP contribution in [0.2, 0.25) is 0 Å². The third-order valence-electron chi connectivity index (χ3n) is 3.31. The zero-order valence-corrected chi connectivity index (χ0v) is 13.7. The fourth-order valence-corrected chi connectivity index (χ4v) is 2.86. The molecule has 0 unspecified atom stereocenters. The Balaban J connectivity index is 1.54. The molecular weight excluding hydrogens is 294 g/mol. The van der Waals surface area contributed by atoms with Crippen molar-refractivity contribution in [2.24, 2.45) is 0 Å². The Morgan fingerprint density at radius 1 is 1.09 bits per heavy atom. The highest BCUT2D eigenvalue weighted by Gasteiger charge is 2.03. The van der Waals surface area contributed by atoms with Crippen LogP contribution in [0.15, 0.2) is 47.8 Å². The van der Waals surface area contributed by atoms with E-state index in [9.17, 15) is 4.79 Å². The predicted octanol–water partition coefficient (Wildman–Crippen LogP) is 2.72. The Bertz CT molecular complexity index is 542. The van der Waals surface area contributed by atoms with Gasteiger partial charge in [0.05, 0.1) is 0 Å². The van der Waals surface area contributed by atoms with Crippen LogP contribution in [-0.4, -0.2) is 37.6 Å². The van der Waals surface area contributed by atoms with Gasteiger partial charge in [0.25, 0.3) is 0 Å². The van der Waals surface area contributed by atoms with Crippen LogP contribution < -0.4 is 10.6 Å². The molecular formula is C17H23N3OS. The van der Waals surface area contributed by atoms with Crippen molar-refractivity contribution in [2.75, 3.05) is 26.7 Å². The van der Waals surface area contributed by atoms with Gasteiger partial charge in [0.1, 0.15) is 0 Å². The lowest BCUT2D eigenvalue weighted by molar-refractivity contribution is 0.238. The van der Waals surface area contributed by atoms with Crippen molar-refractivity contribution < 1.29 is 4.79 Å². The Labute approximate surface area is 136 Å². The summed E-state index contributed by atoms with van der Waals surface area (Å²) in [7, 11) is 2.06. The molecule has 2 aromatic rings. The highest BCUT2D eigenvalue weighted by Crippen LogP contribution is 2.07. The molecule has 0 atom stereocenters. The van der Waals surface area contributed by atoms with E-state index in [1.54, 1.807) is 11.3 Å². The first-order valence-corrected chi connectivity index (χ1v) is 8.38. The molecule has 1 heterocycles. The van der Waals surface area contributed by atoms with E-state index in [1.165, 1.54) is 10.4 Å². The minimum Gasteiger partial charge on any atom is -0.338 e. The number of likely N-dealkylation sites (N-methyl/N-ethyl adjacent to an activating group) is 1. The average molecular weight is 317 g/mol. The van der Waals surface area contributed by atoms with E-state index in [2.05, 4.69) is 46.2 Å². The number of carbonyl (C=O) groups excluding carboxylic acids is 1. The second kappa shape index (κ2) is 9.23. The van der Waals surface area contributed by atoms with Crippen molar-refractivity contribution in [3.05, 3.63) is 58.3 Å². The molecule has 0 spiro atoms. The van der Waals surface area contributed by atoms with Gasteiger partial charge in [-0.1, -0.05) is 36.4 Å². The van der Waals surface area contributed by atoms with Crippen molar-refractivity contribution in [1.82, 2.24) is 15.5 Å². The molecule has 1 aromatic heterocycles. The molecule has 0 fully saturated rings. The van der Waals surface area contributed by atoms with Crippen molar-refractivity contribution >= 4 is 17.4 Å². The second-order valence-electron chi connectivity index (χ2n) is 5.24. The van der Waals surface area contributed by atoms with Gasteiger partial charge in [-0.3, -0.25) is 0 Å². The van der Waals surface area contributed by atoms with E-state index in [0.717, 1.165) is 19.5 Å². The summed E-state index contributed by atoms with van der Waals surface area (Å²) in [5, 5.41) is 7.83. The van der Waals surface area contributed by atoms with E-state index in [1.807, 2.05) is 24.3 Å². The first-order chi connectivity index (χ1) is 10.7. The van der Waals surface area contributed by atoms with E-state index >= 15 is 0 Å². The molecule has 0 saturated carbocycles. The van der Waals surface area contributed by atoms with Gasteiger partial charge in [-0.05, 0) is 30.5 Å². The molecule has 5 heteroatoms. The summed E-state index contributed by atoms with van der Waals surface area (Å²) in [5.41, 5.74) is 1.28. The highest BCUT2D eigenvalue weighted by atomic mass is 32.1. The first-order valence-electron chi connectivity index (χ1n) is 7.50. The maximum Gasteiger partial charge on any atom is 0.314 e. The SMILES string of the molecule is CN(CCNC(=O)NCCc1cccs1)Cc1ccccc1. The summed E-state index contributed by atoms with van der Waals surface area (Å²) >= 11 is 1.72. The van der Waals surface area contributed by atoms with E-state index in [4.69, 9.17) is 0 Å². The Kier molecular flexibility index (Phi) is 6.93. The molecule has 2 amide bonds. The number of nitrogens with zero attached hydrogens (tertiary/aromatic N) is 1. The van der Waals surface area contributed by atoms with Crippen LogP contribution in [0.3, 0.4) is 0 Å². The van der Waals surface area contributed by atoms with Crippen LogP contribution in [0, 0.1) is 0 Å². The van der Waals surface area contributed by atoms with Crippen molar-refractivity contribution in [2.45, 2.75) is 13.0 Å². The minimum atomic E-state index is -0.0929. The lowest BCUT2D eigenvalue weighted by atomic mass is 10.2. The first kappa shape index (κ1) is 16.5. The summed E-state index contributed by atoms with van der Waals surface area (Å²) < 4.78 is 0.